The van der Waals surface area contributed by atoms with E-state index >= 15 is 0 Å². The largest absolute Gasteiger partial charge is 0.351 e. The Labute approximate surface area is 139 Å². The molecule has 4 rings (SSSR count). The van der Waals surface area contributed by atoms with Gasteiger partial charge in [-0.3, -0.25) is 4.79 Å². The van der Waals surface area contributed by atoms with E-state index in [1.54, 1.807) is 11.8 Å². The third-order valence-electron chi connectivity index (χ3n) is 4.67. The number of nitrogens with zero attached hydrogens (tertiary/aromatic N) is 3. The van der Waals surface area contributed by atoms with Crippen LogP contribution in [0.3, 0.4) is 0 Å². The Morgan fingerprint density at radius 1 is 1.35 bits per heavy atom. The maximum Gasteiger partial charge on any atom is 0.234 e. The van der Waals surface area contributed by atoms with Crippen molar-refractivity contribution in [3.8, 4) is 0 Å². The average molecular weight is 328 g/mol. The molecule has 2 aromatic rings. The van der Waals surface area contributed by atoms with E-state index in [4.69, 9.17) is 0 Å². The van der Waals surface area contributed by atoms with E-state index in [9.17, 15) is 4.79 Å². The molecule has 6 heteroatoms. The fraction of sp³-hybridized carbons (Fsp3) is 0.471. The molecule has 1 amide bonds. The molecule has 120 valence electrons. The SMILES string of the molecule is Cc1ccc2c(c1)S[C@H](C(=O)N[C@H]1CCc3nnc(C)n3C1)C2. The maximum atomic E-state index is 12.6. The van der Waals surface area contributed by atoms with Crippen LogP contribution < -0.4 is 5.32 Å². The van der Waals surface area contributed by atoms with E-state index in [-0.39, 0.29) is 17.2 Å². The van der Waals surface area contributed by atoms with Gasteiger partial charge in [-0.05, 0) is 38.3 Å². The first-order valence-corrected chi connectivity index (χ1v) is 8.93. The minimum Gasteiger partial charge on any atom is -0.351 e. The van der Waals surface area contributed by atoms with Crippen LogP contribution in [0.5, 0.6) is 0 Å². The average Bonchev–Trinajstić information content (AvgIpc) is 3.11. The fourth-order valence-corrected chi connectivity index (χ4v) is 4.66. The smallest absolute Gasteiger partial charge is 0.234 e. The lowest BCUT2D eigenvalue weighted by Crippen LogP contribution is -2.44. The minimum atomic E-state index is -0.00444. The van der Waals surface area contributed by atoms with Gasteiger partial charge in [0.05, 0.1) is 5.25 Å². The number of amides is 1. The molecule has 23 heavy (non-hydrogen) atoms. The van der Waals surface area contributed by atoms with Crippen molar-refractivity contribution in [2.75, 3.05) is 0 Å². The fourth-order valence-electron chi connectivity index (χ4n) is 3.36. The van der Waals surface area contributed by atoms with Gasteiger partial charge in [-0.25, -0.2) is 0 Å². The summed E-state index contributed by atoms with van der Waals surface area (Å²) < 4.78 is 2.12. The topological polar surface area (TPSA) is 59.8 Å². The van der Waals surface area contributed by atoms with Crippen molar-refractivity contribution in [1.29, 1.82) is 0 Å². The molecule has 0 saturated heterocycles. The highest BCUT2D eigenvalue weighted by atomic mass is 32.2. The molecule has 3 heterocycles. The second kappa shape index (κ2) is 5.67. The summed E-state index contributed by atoms with van der Waals surface area (Å²) in [5.74, 6) is 2.12. The minimum absolute atomic E-state index is 0.00444. The van der Waals surface area contributed by atoms with Crippen molar-refractivity contribution in [2.24, 2.45) is 0 Å². The Bertz CT molecular complexity index is 770. The zero-order valence-corrected chi connectivity index (χ0v) is 14.2. The summed E-state index contributed by atoms with van der Waals surface area (Å²) in [4.78, 5) is 13.9. The van der Waals surface area contributed by atoms with Crippen LogP contribution in [0.2, 0.25) is 0 Å². The summed E-state index contributed by atoms with van der Waals surface area (Å²) >= 11 is 1.69. The van der Waals surface area contributed by atoms with E-state index in [1.165, 1.54) is 16.0 Å². The van der Waals surface area contributed by atoms with Crippen LogP contribution in [-0.2, 0) is 24.2 Å². The van der Waals surface area contributed by atoms with Gasteiger partial charge in [0.15, 0.2) is 0 Å². The normalized spacial score (nSPS) is 22.5. The van der Waals surface area contributed by atoms with Crippen molar-refractivity contribution in [1.82, 2.24) is 20.1 Å². The highest BCUT2D eigenvalue weighted by Gasteiger charge is 2.31. The Hall–Kier alpha value is -1.82. The predicted molar refractivity (Wildman–Crippen MR) is 89.5 cm³/mol. The first-order chi connectivity index (χ1) is 11.1. The van der Waals surface area contributed by atoms with Crippen molar-refractivity contribution in [2.45, 2.75) is 55.8 Å². The number of carbonyl (C=O) groups excluding carboxylic acids is 1. The number of benzene rings is 1. The van der Waals surface area contributed by atoms with Crippen LogP contribution in [0.25, 0.3) is 0 Å². The molecule has 5 nitrogen and oxygen atoms in total. The van der Waals surface area contributed by atoms with Crippen molar-refractivity contribution < 1.29 is 4.79 Å². The van der Waals surface area contributed by atoms with E-state index < -0.39 is 0 Å². The molecule has 2 aliphatic rings. The summed E-state index contributed by atoms with van der Waals surface area (Å²) in [5, 5.41) is 11.5. The summed E-state index contributed by atoms with van der Waals surface area (Å²) in [7, 11) is 0. The molecule has 1 aromatic heterocycles. The van der Waals surface area contributed by atoms with Gasteiger partial charge in [-0.1, -0.05) is 17.7 Å². The quantitative estimate of drug-likeness (QED) is 0.916. The van der Waals surface area contributed by atoms with E-state index in [1.807, 2.05) is 6.92 Å². The first-order valence-electron chi connectivity index (χ1n) is 8.05. The van der Waals surface area contributed by atoms with Gasteiger partial charge in [0.2, 0.25) is 5.91 Å². The molecule has 0 bridgehead atoms. The third-order valence-corrected chi connectivity index (χ3v) is 5.97. The number of fused-ring (bicyclic) bond motifs is 2. The molecule has 2 atom stereocenters. The second-order valence-electron chi connectivity index (χ2n) is 6.44. The lowest BCUT2D eigenvalue weighted by molar-refractivity contribution is -0.121. The van der Waals surface area contributed by atoms with Crippen molar-refractivity contribution in [3.63, 3.8) is 0 Å². The molecule has 1 N–H and O–H groups in total. The van der Waals surface area contributed by atoms with Gasteiger partial charge in [0.1, 0.15) is 11.6 Å². The summed E-state index contributed by atoms with van der Waals surface area (Å²) in [6.07, 6.45) is 2.64. The van der Waals surface area contributed by atoms with Gasteiger partial charge in [-0.15, -0.1) is 22.0 Å². The Balaban J connectivity index is 1.41. The number of aryl methyl sites for hydroxylation is 3. The zero-order valence-electron chi connectivity index (χ0n) is 13.4. The van der Waals surface area contributed by atoms with Gasteiger partial charge in [-0.2, -0.15) is 0 Å². The summed E-state index contributed by atoms with van der Waals surface area (Å²) in [5.41, 5.74) is 2.54. The maximum absolute atomic E-state index is 12.6. The van der Waals surface area contributed by atoms with Crippen molar-refractivity contribution >= 4 is 17.7 Å². The van der Waals surface area contributed by atoms with E-state index in [0.29, 0.717) is 0 Å². The standard InChI is InChI=1S/C17H20N4OS/c1-10-3-4-12-8-15(23-14(12)7-10)17(22)18-13-5-6-16-20-19-11(2)21(16)9-13/h3-4,7,13,15H,5-6,8-9H2,1-2H3,(H,18,22)/t13-,15-/m0/s1. The van der Waals surface area contributed by atoms with Crippen LogP contribution >= 0.6 is 11.8 Å². The highest BCUT2D eigenvalue weighted by Crippen LogP contribution is 2.37. The first kappa shape index (κ1) is 14.8. The number of carbonyl (C=O) groups is 1. The number of thioether (sulfide) groups is 1. The van der Waals surface area contributed by atoms with Gasteiger partial charge in [0, 0.05) is 23.9 Å². The Morgan fingerprint density at radius 2 is 2.22 bits per heavy atom. The number of hydrogen-bond donors (Lipinski definition) is 1. The molecular weight excluding hydrogens is 308 g/mol. The molecule has 2 aliphatic heterocycles. The van der Waals surface area contributed by atoms with Crippen molar-refractivity contribution in [3.05, 3.63) is 41.0 Å². The number of hydrogen-bond acceptors (Lipinski definition) is 4. The van der Waals surface area contributed by atoms with Crippen LogP contribution in [-0.4, -0.2) is 32.0 Å². The van der Waals surface area contributed by atoms with Gasteiger partial charge >= 0.3 is 0 Å². The van der Waals surface area contributed by atoms with Crippen LogP contribution in [0.15, 0.2) is 23.1 Å². The van der Waals surface area contributed by atoms with Crippen LogP contribution in [0, 0.1) is 13.8 Å². The molecule has 0 saturated carbocycles. The Morgan fingerprint density at radius 3 is 3.09 bits per heavy atom. The predicted octanol–water partition coefficient (Wildman–Crippen LogP) is 2.04. The molecule has 0 unspecified atom stereocenters. The zero-order chi connectivity index (χ0) is 16.0. The van der Waals surface area contributed by atoms with Gasteiger partial charge in [0.25, 0.3) is 0 Å². The molecule has 0 fully saturated rings. The third kappa shape index (κ3) is 2.76. The summed E-state index contributed by atoms with van der Waals surface area (Å²) in [6.45, 7) is 4.84. The summed E-state index contributed by atoms with van der Waals surface area (Å²) in [6, 6.07) is 6.63. The lowest BCUT2D eigenvalue weighted by atomic mass is 10.1. The molecule has 0 radical (unpaired) electrons. The molecular formula is C17H20N4OS. The number of nitrogens with one attached hydrogen (secondary N) is 1. The second-order valence-corrected chi connectivity index (χ2v) is 7.68. The van der Waals surface area contributed by atoms with Gasteiger partial charge < -0.3 is 9.88 Å². The van der Waals surface area contributed by atoms with Crippen LogP contribution in [0.1, 0.15) is 29.2 Å². The monoisotopic (exact) mass is 328 g/mol. The van der Waals surface area contributed by atoms with E-state index in [0.717, 1.165) is 37.5 Å². The Kier molecular flexibility index (Phi) is 3.64. The van der Waals surface area contributed by atoms with Crippen LogP contribution in [0.4, 0.5) is 0 Å². The lowest BCUT2D eigenvalue weighted by Gasteiger charge is -2.26. The van der Waals surface area contributed by atoms with E-state index in [2.05, 4.69) is 45.2 Å². The molecule has 0 spiro atoms. The highest BCUT2D eigenvalue weighted by molar-refractivity contribution is 8.01. The number of aromatic nitrogens is 3. The molecule has 0 aliphatic carbocycles. The number of rotatable bonds is 2. The molecule has 1 aromatic carbocycles.